The van der Waals surface area contributed by atoms with Crippen LogP contribution in [0, 0.1) is 0 Å². The number of carbonyl (C=O) groups excluding carboxylic acids is 2. The maximum Gasteiger partial charge on any atom is 0.357 e. The van der Waals surface area contributed by atoms with Crippen molar-refractivity contribution in [3.05, 3.63) is 54.6 Å². The van der Waals surface area contributed by atoms with Gasteiger partial charge in [-0.3, -0.25) is 4.79 Å². The van der Waals surface area contributed by atoms with Crippen molar-refractivity contribution >= 4 is 23.3 Å². The smallest absolute Gasteiger partial charge is 0.357 e. The lowest BCUT2D eigenvalue weighted by molar-refractivity contribution is -0.152. The first-order valence-electron chi connectivity index (χ1n) is 6.56. The van der Waals surface area contributed by atoms with Crippen molar-refractivity contribution in [3.8, 4) is 5.75 Å². The molecule has 0 radical (unpaired) electrons. The molecular formula is C16H16N2O4. The van der Waals surface area contributed by atoms with Gasteiger partial charge < -0.3 is 20.5 Å². The van der Waals surface area contributed by atoms with Crippen molar-refractivity contribution in [1.29, 1.82) is 0 Å². The van der Waals surface area contributed by atoms with E-state index in [1.807, 2.05) is 0 Å². The van der Waals surface area contributed by atoms with Crippen LogP contribution in [0.15, 0.2) is 54.6 Å². The number of rotatable bonds is 5. The summed E-state index contributed by atoms with van der Waals surface area (Å²) in [4.78, 5) is 24.0. The minimum absolute atomic E-state index is 0.394. The molecule has 0 spiro atoms. The Kier molecular flexibility index (Phi) is 4.98. The molecule has 3 N–H and O–H groups in total. The largest absolute Gasteiger partial charge is 0.469 e. The van der Waals surface area contributed by atoms with Crippen molar-refractivity contribution in [1.82, 2.24) is 0 Å². The van der Waals surface area contributed by atoms with E-state index in [1.54, 1.807) is 54.6 Å². The number of anilines is 2. The van der Waals surface area contributed by atoms with E-state index < -0.39 is 18.0 Å². The van der Waals surface area contributed by atoms with Crippen molar-refractivity contribution < 1.29 is 19.1 Å². The fourth-order valence-corrected chi connectivity index (χ4v) is 1.73. The first-order valence-corrected chi connectivity index (χ1v) is 6.56. The summed E-state index contributed by atoms with van der Waals surface area (Å²) in [6.07, 6.45) is -1.40. The molecule has 2 aromatic carbocycles. The Balaban J connectivity index is 2.12. The molecule has 114 valence electrons. The molecule has 0 saturated heterocycles. The van der Waals surface area contributed by atoms with Crippen LogP contribution in [0.5, 0.6) is 5.75 Å². The number of esters is 1. The lowest BCUT2D eigenvalue weighted by Crippen LogP contribution is -2.40. The van der Waals surface area contributed by atoms with Gasteiger partial charge in [0.05, 0.1) is 7.11 Å². The predicted molar refractivity (Wildman–Crippen MR) is 82.4 cm³/mol. The van der Waals surface area contributed by atoms with Crippen molar-refractivity contribution in [2.24, 2.45) is 0 Å². The van der Waals surface area contributed by atoms with Crippen LogP contribution < -0.4 is 15.8 Å². The van der Waals surface area contributed by atoms with Gasteiger partial charge in [-0.05, 0) is 36.4 Å². The highest BCUT2D eigenvalue weighted by atomic mass is 16.6. The Morgan fingerprint density at radius 3 is 2.27 bits per heavy atom. The molecule has 1 unspecified atom stereocenters. The SMILES string of the molecule is COC(=O)C(Oc1ccccc1)C(=O)Nc1ccc(N)cc1. The second-order valence-corrected chi connectivity index (χ2v) is 4.45. The van der Waals surface area contributed by atoms with Gasteiger partial charge in [-0.15, -0.1) is 0 Å². The summed E-state index contributed by atoms with van der Waals surface area (Å²) >= 11 is 0. The molecule has 2 rings (SSSR count). The highest BCUT2D eigenvalue weighted by Gasteiger charge is 2.30. The number of hydrogen-bond acceptors (Lipinski definition) is 5. The zero-order chi connectivity index (χ0) is 15.9. The van der Waals surface area contributed by atoms with Crippen molar-refractivity contribution in [3.63, 3.8) is 0 Å². The first-order chi connectivity index (χ1) is 10.6. The number of nitrogens with one attached hydrogen (secondary N) is 1. The predicted octanol–water partition coefficient (Wildman–Crippen LogP) is 1.83. The second-order valence-electron chi connectivity index (χ2n) is 4.45. The van der Waals surface area contributed by atoms with Crippen LogP contribution in [0.2, 0.25) is 0 Å². The summed E-state index contributed by atoms with van der Waals surface area (Å²) in [5, 5.41) is 2.58. The molecule has 0 aliphatic rings. The lowest BCUT2D eigenvalue weighted by Gasteiger charge is -2.16. The van der Waals surface area contributed by atoms with Gasteiger partial charge in [0.1, 0.15) is 5.75 Å². The average molecular weight is 300 g/mol. The minimum atomic E-state index is -1.40. The number of ether oxygens (including phenoxy) is 2. The second kappa shape index (κ2) is 7.12. The number of carbonyl (C=O) groups is 2. The van der Waals surface area contributed by atoms with E-state index in [9.17, 15) is 9.59 Å². The van der Waals surface area contributed by atoms with Crippen molar-refractivity contribution in [2.75, 3.05) is 18.2 Å². The Hall–Kier alpha value is -3.02. The van der Waals surface area contributed by atoms with Gasteiger partial charge in [0.15, 0.2) is 0 Å². The molecule has 0 aliphatic heterocycles. The molecule has 6 nitrogen and oxygen atoms in total. The molecule has 1 atom stereocenters. The quantitative estimate of drug-likeness (QED) is 0.499. The third-order valence-corrected chi connectivity index (χ3v) is 2.83. The molecule has 0 aliphatic carbocycles. The molecular weight excluding hydrogens is 284 g/mol. The van der Waals surface area contributed by atoms with E-state index >= 15 is 0 Å². The van der Waals surface area contributed by atoms with Gasteiger partial charge in [-0.2, -0.15) is 0 Å². The summed E-state index contributed by atoms with van der Waals surface area (Å²) < 4.78 is 10.0. The Bertz CT molecular complexity index is 641. The monoisotopic (exact) mass is 300 g/mol. The maximum absolute atomic E-state index is 12.2. The van der Waals surface area contributed by atoms with Crippen LogP contribution in [0.1, 0.15) is 0 Å². The van der Waals surface area contributed by atoms with E-state index in [2.05, 4.69) is 10.1 Å². The number of amides is 1. The highest BCUT2D eigenvalue weighted by molar-refractivity contribution is 6.07. The Morgan fingerprint density at radius 1 is 1.05 bits per heavy atom. The van der Waals surface area contributed by atoms with Gasteiger partial charge in [-0.25, -0.2) is 4.79 Å². The molecule has 6 heteroatoms. The van der Waals surface area contributed by atoms with Gasteiger partial charge in [-0.1, -0.05) is 18.2 Å². The zero-order valence-corrected chi connectivity index (χ0v) is 12.0. The van der Waals surface area contributed by atoms with Crippen LogP contribution in [0.4, 0.5) is 11.4 Å². The number of nitrogens with two attached hydrogens (primary N) is 1. The third kappa shape index (κ3) is 3.99. The van der Waals surface area contributed by atoms with E-state index in [4.69, 9.17) is 10.5 Å². The number of hydrogen-bond donors (Lipinski definition) is 2. The molecule has 2 aromatic rings. The molecule has 0 fully saturated rings. The van der Waals surface area contributed by atoms with Gasteiger partial charge in [0.2, 0.25) is 0 Å². The van der Waals surface area contributed by atoms with Crippen LogP contribution >= 0.6 is 0 Å². The molecule has 0 bridgehead atoms. The fourth-order valence-electron chi connectivity index (χ4n) is 1.73. The summed E-state index contributed by atoms with van der Waals surface area (Å²) in [5.74, 6) is -1.01. The average Bonchev–Trinajstić information content (AvgIpc) is 2.55. The van der Waals surface area contributed by atoms with E-state index in [0.29, 0.717) is 17.1 Å². The first kappa shape index (κ1) is 15.4. The van der Waals surface area contributed by atoms with Crippen LogP contribution in [-0.4, -0.2) is 25.1 Å². The van der Waals surface area contributed by atoms with Crippen LogP contribution in [0.3, 0.4) is 0 Å². The number of para-hydroxylation sites is 1. The highest BCUT2D eigenvalue weighted by Crippen LogP contribution is 2.15. The van der Waals surface area contributed by atoms with Gasteiger partial charge in [0, 0.05) is 11.4 Å². The van der Waals surface area contributed by atoms with E-state index in [1.165, 1.54) is 7.11 Å². The fraction of sp³-hybridized carbons (Fsp3) is 0.125. The topological polar surface area (TPSA) is 90.6 Å². The molecule has 1 amide bonds. The lowest BCUT2D eigenvalue weighted by atomic mass is 10.2. The van der Waals surface area contributed by atoms with E-state index in [-0.39, 0.29) is 0 Å². The summed E-state index contributed by atoms with van der Waals surface area (Å²) in [6, 6.07) is 15.1. The van der Waals surface area contributed by atoms with E-state index in [0.717, 1.165) is 0 Å². The maximum atomic E-state index is 12.2. The minimum Gasteiger partial charge on any atom is -0.469 e. The summed E-state index contributed by atoms with van der Waals surface area (Å²) in [6.45, 7) is 0. The number of nitrogen functional groups attached to an aromatic ring is 1. The third-order valence-electron chi connectivity index (χ3n) is 2.83. The van der Waals surface area contributed by atoms with Gasteiger partial charge in [0.25, 0.3) is 12.0 Å². The van der Waals surface area contributed by atoms with Crippen LogP contribution in [0.25, 0.3) is 0 Å². The summed E-state index contributed by atoms with van der Waals surface area (Å²) in [7, 11) is 1.19. The Morgan fingerprint density at radius 2 is 1.68 bits per heavy atom. The summed E-state index contributed by atoms with van der Waals surface area (Å²) in [5.41, 5.74) is 6.65. The Labute approximate surface area is 127 Å². The molecule has 0 heterocycles. The number of methoxy groups -OCH3 is 1. The van der Waals surface area contributed by atoms with Gasteiger partial charge >= 0.3 is 5.97 Å². The molecule has 0 aromatic heterocycles. The number of benzene rings is 2. The normalized spacial score (nSPS) is 11.3. The zero-order valence-electron chi connectivity index (χ0n) is 12.0. The van der Waals surface area contributed by atoms with Crippen molar-refractivity contribution in [2.45, 2.75) is 6.10 Å². The molecule has 22 heavy (non-hydrogen) atoms. The standard InChI is InChI=1S/C16H16N2O4/c1-21-16(20)14(22-13-5-3-2-4-6-13)15(19)18-12-9-7-11(17)8-10-12/h2-10,14H,17H2,1H3,(H,18,19). The molecule has 0 saturated carbocycles. The van der Waals surface area contributed by atoms with Crippen LogP contribution in [-0.2, 0) is 14.3 Å².